The third-order valence-corrected chi connectivity index (χ3v) is 3.09. The summed E-state index contributed by atoms with van der Waals surface area (Å²) >= 11 is 0. The number of oxime groups is 1. The van der Waals surface area contributed by atoms with Crippen molar-refractivity contribution in [1.82, 2.24) is 4.90 Å². The monoisotopic (exact) mass is 255 g/mol. The van der Waals surface area contributed by atoms with Gasteiger partial charge < -0.3 is 15.7 Å². The molecule has 1 rings (SSSR count). The van der Waals surface area contributed by atoms with Gasteiger partial charge in [0.25, 0.3) is 0 Å². The first kappa shape index (κ1) is 14.0. The highest BCUT2D eigenvalue weighted by molar-refractivity contribution is 5.81. The second-order valence-corrected chi connectivity index (χ2v) is 4.06. The number of piperidine rings is 1. The van der Waals surface area contributed by atoms with Crippen LogP contribution in [0.1, 0.15) is 12.8 Å². The number of alkyl halides is 3. The Morgan fingerprint density at radius 2 is 2.00 bits per heavy atom. The van der Waals surface area contributed by atoms with Crippen LogP contribution in [0.25, 0.3) is 0 Å². The predicted molar refractivity (Wildman–Crippen MR) is 54.9 cm³/mol. The molecule has 0 aliphatic carbocycles. The Bertz CT molecular complexity index is 286. The van der Waals surface area contributed by atoms with Gasteiger partial charge in [0.1, 0.15) is 0 Å². The summed E-state index contributed by atoms with van der Waals surface area (Å²) < 4.78 is 43.1. The average molecular weight is 255 g/mol. The van der Waals surface area contributed by atoms with E-state index in [1.165, 1.54) is 0 Å². The molecular formula is C9H16F3N3O2. The van der Waals surface area contributed by atoms with E-state index in [1.54, 1.807) is 4.90 Å². The minimum atomic E-state index is -4.37. The van der Waals surface area contributed by atoms with Crippen molar-refractivity contribution < 1.29 is 23.1 Å². The number of methoxy groups -OCH3 is 1. The van der Waals surface area contributed by atoms with Crippen molar-refractivity contribution in [3.05, 3.63) is 0 Å². The molecule has 0 aromatic carbocycles. The van der Waals surface area contributed by atoms with Crippen molar-refractivity contribution >= 4 is 5.84 Å². The number of likely N-dealkylation sites (tertiary alicyclic amines) is 1. The number of amidine groups is 1. The highest BCUT2D eigenvalue weighted by Crippen LogP contribution is 2.40. The van der Waals surface area contributed by atoms with Gasteiger partial charge in [-0.25, -0.2) is 0 Å². The summed E-state index contributed by atoms with van der Waals surface area (Å²) in [5.74, 6) is -0.0121. The summed E-state index contributed by atoms with van der Waals surface area (Å²) in [6, 6.07) is 0. The predicted octanol–water partition coefficient (Wildman–Crippen LogP) is 0.776. The van der Waals surface area contributed by atoms with Gasteiger partial charge in [-0.3, -0.25) is 4.90 Å². The second-order valence-electron chi connectivity index (χ2n) is 4.06. The van der Waals surface area contributed by atoms with E-state index in [2.05, 4.69) is 9.89 Å². The molecule has 0 amide bonds. The maximum atomic E-state index is 12.8. The van der Waals surface area contributed by atoms with Gasteiger partial charge in [-0.05, 0) is 12.8 Å². The summed E-state index contributed by atoms with van der Waals surface area (Å²) in [7, 11) is 1.08. The fourth-order valence-corrected chi connectivity index (χ4v) is 1.94. The number of hydrogen-bond acceptors (Lipinski definition) is 4. The van der Waals surface area contributed by atoms with E-state index >= 15 is 0 Å². The Kier molecular flexibility index (Phi) is 4.21. The van der Waals surface area contributed by atoms with Crippen molar-refractivity contribution in [3.63, 3.8) is 0 Å². The molecule has 1 aliphatic rings. The second kappa shape index (κ2) is 5.09. The molecule has 17 heavy (non-hydrogen) atoms. The Morgan fingerprint density at radius 3 is 2.35 bits per heavy atom. The standard InChI is InChI=1S/C9H16F3N3O2/c1-17-8(9(10,11)12)2-4-15(5-3-8)6-7(13)14-16/h16H,2-6H2,1H3,(H2,13,14). The number of nitrogens with zero attached hydrogens (tertiary/aromatic N) is 2. The lowest BCUT2D eigenvalue weighted by Gasteiger charge is -2.41. The molecule has 1 heterocycles. The topological polar surface area (TPSA) is 71.1 Å². The van der Waals surface area contributed by atoms with Crippen LogP contribution >= 0.6 is 0 Å². The Morgan fingerprint density at radius 1 is 1.47 bits per heavy atom. The van der Waals surface area contributed by atoms with Gasteiger partial charge in [-0.2, -0.15) is 13.2 Å². The van der Waals surface area contributed by atoms with E-state index in [0.29, 0.717) is 0 Å². The molecule has 100 valence electrons. The molecule has 0 aromatic rings. The molecule has 0 saturated carbocycles. The zero-order valence-electron chi connectivity index (χ0n) is 9.50. The first-order valence-electron chi connectivity index (χ1n) is 5.15. The van der Waals surface area contributed by atoms with E-state index in [-0.39, 0.29) is 38.3 Å². The number of ether oxygens (including phenoxy) is 1. The highest BCUT2D eigenvalue weighted by Gasteiger charge is 2.56. The van der Waals surface area contributed by atoms with E-state index in [9.17, 15) is 13.2 Å². The minimum Gasteiger partial charge on any atom is -0.409 e. The number of nitrogens with two attached hydrogens (primary N) is 1. The third kappa shape index (κ3) is 3.01. The van der Waals surface area contributed by atoms with E-state index < -0.39 is 11.8 Å². The molecule has 0 atom stereocenters. The van der Waals surface area contributed by atoms with Crippen LogP contribution in [0.15, 0.2) is 5.16 Å². The lowest BCUT2D eigenvalue weighted by atomic mass is 9.90. The molecule has 1 saturated heterocycles. The molecule has 0 radical (unpaired) electrons. The van der Waals surface area contributed by atoms with Gasteiger partial charge in [0, 0.05) is 20.2 Å². The van der Waals surface area contributed by atoms with Gasteiger partial charge >= 0.3 is 6.18 Å². The van der Waals surface area contributed by atoms with E-state index in [1.807, 2.05) is 0 Å². The van der Waals surface area contributed by atoms with Gasteiger partial charge in [-0.1, -0.05) is 5.16 Å². The first-order chi connectivity index (χ1) is 7.84. The van der Waals surface area contributed by atoms with Crippen LogP contribution in [-0.4, -0.2) is 54.5 Å². The fraction of sp³-hybridized carbons (Fsp3) is 0.889. The first-order valence-corrected chi connectivity index (χ1v) is 5.15. The number of halogens is 3. The summed E-state index contributed by atoms with van der Waals surface area (Å²) in [5, 5.41) is 11.2. The summed E-state index contributed by atoms with van der Waals surface area (Å²) in [6.45, 7) is 0.557. The normalized spacial score (nSPS) is 22.7. The van der Waals surface area contributed by atoms with Crippen molar-refractivity contribution in [2.75, 3.05) is 26.7 Å². The number of rotatable bonds is 3. The molecule has 0 spiro atoms. The zero-order valence-corrected chi connectivity index (χ0v) is 9.50. The van der Waals surface area contributed by atoms with Crippen molar-refractivity contribution in [1.29, 1.82) is 0 Å². The Labute approximate surface area is 97.0 Å². The molecule has 8 heteroatoms. The van der Waals surface area contributed by atoms with Crippen LogP contribution < -0.4 is 5.73 Å². The Hall–Kier alpha value is -1.02. The molecule has 1 aliphatic heterocycles. The lowest BCUT2D eigenvalue weighted by molar-refractivity contribution is -0.282. The van der Waals surface area contributed by atoms with Crippen LogP contribution in [0.4, 0.5) is 13.2 Å². The quantitative estimate of drug-likeness (QED) is 0.338. The molecule has 0 unspecified atom stereocenters. The maximum absolute atomic E-state index is 12.8. The van der Waals surface area contributed by atoms with Gasteiger partial charge in [0.15, 0.2) is 11.4 Å². The average Bonchev–Trinajstić information content (AvgIpc) is 2.28. The fourth-order valence-electron chi connectivity index (χ4n) is 1.94. The van der Waals surface area contributed by atoms with E-state index in [0.717, 1.165) is 7.11 Å². The summed E-state index contributed by atoms with van der Waals surface area (Å²) in [4.78, 5) is 1.69. The lowest BCUT2D eigenvalue weighted by Crippen LogP contribution is -2.55. The third-order valence-electron chi connectivity index (χ3n) is 3.09. The van der Waals surface area contributed by atoms with Crippen LogP contribution in [0.2, 0.25) is 0 Å². The van der Waals surface area contributed by atoms with Crippen LogP contribution in [0, 0.1) is 0 Å². The van der Waals surface area contributed by atoms with Crippen molar-refractivity contribution in [3.8, 4) is 0 Å². The van der Waals surface area contributed by atoms with Crippen LogP contribution in [0.3, 0.4) is 0 Å². The van der Waals surface area contributed by atoms with Crippen molar-refractivity contribution in [2.45, 2.75) is 24.6 Å². The smallest absolute Gasteiger partial charge is 0.409 e. The van der Waals surface area contributed by atoms with Crippen LogP contribution in [0.5, 0.6) is 0 Å². The molecule has 3 N–H and O–H groups in total. The van der Waals surface area contributed by atoms with Gasteiger partial charge in [0.05, 0.1) is 6.54 Å². The molecule has 0 bridgehead atoms. The van der Waals surface area contributed by atoms with Crippen LogP contribution in [-0.2, 0) is 4.74 Å². The molecule has 1 fully saturated rings. The maximum Gasteiger partial charge on any atom is 0.417 e. The largest absolute Gasteiger partial charge is 0.417 e. The SMILES string of the molecule is COC1(C(F)(F)F)CCN(C/C(N)=N/O)CC1. The highest BCUT2D eigenvalue weighted by atomic mass is 19.4. The molecule has 0 aromatic heterocycles. The zero-order chi connectivity index (χ0) is 13.1. The van der Waals surface area contributed by atoms with Gasteiger partial charge in [-0.15, -0.1) is 0 Å². The number of hydrogen-bond donors (Lipinski definition) is 2. The molecule has 5 nitrogen and oxygen atoms in total. The summed E-state index contributed by atoms with van der Waals surface area (Å²) in [6.07, 6.45) is -4.66. The van der Waals surface area contributed by atoms with Gasteiger partial charge in [0.2, 0.25) is 0 Å². The minimum absolute atomic E-state index is 0.0121. The molecular weight excluding hydrogens is 239 g/mol. The van der Waals surface area contributed by atoms with E-state index in [4.69, 9.17) is 10.9 Å². The van der Waals surface area contributed by atoms with Crippen molar-refractivity contribution in [2.24, 2.45) is 10.9 Å². The summed E-state index contributed by atoms with van der Waals surface area (Å²) in [5.41, 5.74) is 3.23. The Balaban J connectivity index is 2.60.